The van der Waals surface area contributed by atoms with Gasteiger partial charge in [0.15, 0.2) is 0 Å². The number of nitrogens with one attached hydrogen (secondary N) is 4. The zero-order chi connectivity index (χ0) is 29.9. The third-order valence-corrected chi connectivity index (χ3v) is 6.04. The van der Waals surface area contributed by atoms with Crippen molar-refractivity contribution in [1.29, 1.82) is 0 Å². The third kappa shape index (κ3) is 6.06. The van der Waals surface area contributed by atoms with Crippen molar-refractivity contribution in [2.75, 3.05) is 5.32 Å². The maximum absolute atomic E-state index is 13.3. The maximum atomic E-state index is 13.3. The first-order valence-electron chi connectivity index (χ1n) is 12.4. The monoisotopic (exact) mass is 574 g/mol. The van der Waals surface area contributed by atoms with Crippen molar-refractivity contribution in [3.05, 3.63) is 107 Å². The standard InChI is InChI=1S/C28H21F3N8O3/c1-15-32-13-17(14-33-15)23-19(11-12-21(35-23)28(29,30)31)25(40)38-39-27(42)37-24-26(41)34-20-10-6-5-9-18(20)22(36-24)16-7-3-2-4-8-16/h2-14,24H,1H3,(H,34,41)(H,38,40)(H2,37,39,42)/t24-/m1/s1. The van der Waals surface area contributed by atoms with E-state index in [9.17, 15) is 27.6 Å². The number of alkyl halides is 3. The molecule has 3 heterocycles. The number of aromatic nitrogens is 3. The number of pyridine rings is 1. The van der Waals surface area contributed by atoms with E-state index in [1.165, 1.54) is 12.4 Å². The zero-order valence-electron chi connectivity index (χ0n) is 21.7. The molecule has 0 spiro atoms. The summed E-state index contributed by atoms with van der Waals surface area (Å²) in [6.07, 6.45) is -3.71. The number of hydrazine groups is 1. The molecule has 42 heavy (non-hydrogen) atoms. The highest BCUT2D eigenvalue weighted by atomic mass is 19.4. The van der Waals surface area contributed by atoms with Crippen molar-refractivity contribution in [3.63, 3.8) is 0 Å². The van der Waals surface area contributed by atoms with Gasteiger partial charge in [-0.1, -0.05) is 48.5 Å². The minimum atomic E-state index is -4.77. The molecule has 11 nitrogen and oxygen atoms in total. The van der Waals surface area contributed by atoms with Gasteiger partial charge < -0.3 is 10.6 Å². The molecule has 1 aliphatic rings. The number of aliphatic imine (C=N–C) groups is 1. The number of amides is 4. The fourth-order valence-corrected chi connectivity index (χ4v) is 4.06. The van der Waals surface area contributed by atoms with Crippen LogP contribution in [0.15, 0.2) is 84.1 Å². The van der Waals surface area contributed by atoms with Gasteiger partial charge in [0.05, 0.1) is 22.7 Å². The highest BCUT2D eigenvalue weighted by Gasteiger charge is 2.34. The molecule has 0 fully saturated rings. The Bertz CT molecular complexity index is 1690. The number of hydrogen-bond acceptors (Lipinski definition) is 7. The van der Waals surface area contributed by atoms with Crippen LogP contribution in [0.1, 0.15) is 33.0 Å². The molecule has 212 valence electrons. The lowest BCUT2D eigenvalue weighted by atomic mass is 10.0. The summed E-state index contributed by atoms with van der Waals surface area (Å²) in [5.74, 6) is -1.25. The number of aryl methyl sites for hydroxylation is 1. The molecule has 0 bridgehead atoms. The first-order valence-corrected chi connectivity index (χ1v) is 12.4. The lowest BCUT2D eigenvalue weighted by Gasteiger charge is -2.16. The van der Waals surface area contributed by atoms with Crippen LogP contribution < -0.4 is 21.5 Å². The van der Waals surface area contributed by atoms with Gasteiger partial charge >= 0.3 is 12.2 Å². The molecule has 0 saturated carbocycles. The number of para-hydroxylation sites is 1. The van der Waals surface area contributed by atoms with Crippen molar-refractivity contribution in [2.24, 2.45) is 4.99 Å². The number of carbonyl (C=O) groups excluding carboxylic acids is 3. The number of fused-ring (bicyclic) bond motifs is 1. The summed E-state index contributed by atoms with van der Waals surface area (Å²) in [5.41, 5.74) is 4.67. The quantitative estimate of drug-likeness (QED) is 0.274. The van der Waals surface area contributed by atoms with E-state index in [1.54, 1.807) is 55.5 Å². The molecule has 2 aromatic carbocycles. The minimum absolute atomic E-state index is 0.0544. The second-order valence-electron chi connectivity index (χ2n) is 8.94. The topological polar surface area (TPSA) is 150 Å². The van der Waals surface area contributed by atoms with Crippen LogP contribution in [0, 0.1) is 6.92 Å². The summed E-state index contributed by atoms with van der Waals surface area (Å²) < 4.78 is 40.0. The zero-order valence-corrected chi connectivity index (χ0v) is 21.7. The summed E-state index contributed by atoms with van der Waals surface area (Å²) in [6, 6.07) is 16.6. The molecule has 0 radical (unpaired) electrons. The molecule has 5 rings (SSSR count). The number of halogens is 3. The van der Waals surface area contributed by atoms with Crippen LogP contribution in [0.5, 0.6) is 0 Å². The first-order chi connectivity index (χ1) is 20.1. The summed E-state index contributed by atoms with van der Waals surface area (Å²) in [6.45, 7) is 1.58. The van der Waals surface area contributed by atoms with E-state index in [2.05, 4.69) is 41.4 Å². The van der Waals surface area contributed by atoms with Gasteiger partial charge in [-0.15, -0.1) is 0 Å². The largest absolute Gasteiger partial charge is 0.433 e. The first kappa shape index (κ1) is 27.9. The number of rotatable bonds is 4. The fraction of sp³-hybridized carbons (Fsp3) is 0.107. The number of carbonyl (C=O) groups is 3. The van der Waals surface area contributed by atoms with Crippen molar-refractivity contribution in [2.45, 2.75) is 19.3 Å². The normalized spacial score (nSPS) is 14.5. The van der Waals surface area contributed by atoms with E-state index >= 15 is 0 Å². The summed E-state index contributed by atoms with van der Waals surface area (Å²) >= 11 is 0. The second-order valence-corrected chi connectivity index (χ2v) is 8.94. The van der Waals surface area contributed by atoms with Crippen LogP contribution >= 0.6 is 0 Å². The van der Waals surface area contributed by atoms with Crippen LogP contribution in [0.2, 0.25) is 0 Å². The summed E-state index contributed by atoms with van der Waals surface area (Å²) in [7, 11) is 0. The molecule has 2 aromatic heterocycles. The fourth-order valence-electron chi connectivity index (χ4n) is 4.06. The summed E-state index contributed by atoms with van der Waals surface area (Å²) in [4.78, 5) is 54.6. The van der Waals surface area contributed by atoms with E-state index in [1.807, 2.05) is 6.07 Å². The van der Waals surface area contributed by atoms with Gasteiger partial charge in [-0.3, -0.25) is 15.0 Å². The van der Waals surface area contributed by atoms with Gasteiger partial charge in [0, 0.05) is 29.1 Å². The van der Waals surface area contributed by atoms with Gasteiger partial charge in [0.1, 0.15) is 11.5 Å². The Morgan fingerprint density at radius 3 is 2.29 bits per heavy atom. The van der Waals surface area contributed by atoms with Crippen LogP contribution in [0.3, 0.4) is 0 Å². The second kappa shape index (κ2) is 11.4. The van der Waals surface area contributed by atoms with E-state index < -0.39 is 35.9 Å². The van der Waals surface area contributed by atoms with Crippen LogP contribution in [0.25, 0.3) is 11.3 Å². The molecule has 14 heteroatoms. The van der Waals surface area contributed by atoms with Crippen LogP contribution in [0.4, 0.5) is 23.7 Å². The molecule has 0 unspecified atom stereocenters. The van der Waals surface area contributed by atoms with Gasteiger partial charge in [0.25, 0.3) is 11.8 Å². The Kier molecular flexibility index (Phi) is 7.60. The SMILES string of the molecule is Cc1ncc(-c2nc(C(F)(F)F)ccc2C(=O)NNC(=O)N[C@H]2N=C(c3ccccc3)c3ccccc3NC2=O)cn1. The molecule has 4 aromatic rings. The van der Waals surface area contributed by atoms with Gasteiger partial charge in [-0.25, -0.2) is 30.2 Å². The molecule has 1 aliphatic heterocycles. The molecule has 4 amide bonds. The van der Waals surface area contributed by atoms with Gasteiger partial charge in [-0.2, -0.15) is 13.2 Å². The Balaban J connectivity index is 1.35. The Hall–Kier alpha value is -5.66. The highest BCUT2D eigenvalue weighted by Crippen LogP contribution is 2.31. The molecule has 1 atom stereocenters. The van der Waals surface area contributed by atoms with Gasteiger partial charge in [0.2, 0.25) is 6.17 Å². The van der Waals surface area contributed by atoms with E-state index in [0.717, 1.165) is 6.07 Å². The molecule has 0 saturated heterocycles. The number of nitrogens with zero attached hydrogens (tertiary/aromatic N) is 4. The number of urea groups is 1. The molecular formula is C28H21F3N8O3. The highest BCUT2D eigenvalue weighted by molar-refractivity contribution is 6.19. The van der Waals surface area contributed by atoms with Crippen LogP contribution in [-0.4, -0.2) is 44.7 Å². The average Bonchev–Trinajstić information content (AvgIpc) is 3.12. The molecule has 0 aliphatic carbocycles. The predicted octanol–water partition coefficient (Wildman–Crippen LogP) is 3.63. The Morgan fingerprint density at radius 2 is 1.57 bits per heavy atom. The van der Waals surface area contributed by atoms with E-state index in [0.29, 0.717) is 34.4 Å². The van der Waals surface area contributed by atoms with Crippen molar-refractivity contribution in [1.82, 2.24) is 31.1 Å². The lowest BCUT2D eigenvalue weighted by molar-refractivity contribution is -0.141. The predicted molar refractivity (Wildman–Crippen MR) is 145 cm³/mol. The van der Waals surface area contributed by atoms with Crippen molar-refractivity contribution in [3.8, 4) is 11.3 Å². The van der Waals surface area contributed by atoms with Crippen molar-refractivity contribution < 1.29 is 27.6 Å². The van der Waals surface area contributed by atoms with Crippen molar-refractivity contribution >= 4 is 29.2 Å². The average molecular weight is 575 g/mol. The number of benzene rings is 2. The summed E-state index contributed by atoms with van der Waals surface area (Å²) in [5, 5.41) is 5.10. The number of anilines is 1. The molecular weight excluding hydrogens is 553 g/mol. The third-order valence-electron chi connectivity index (χ3n) is 6.04. The Morgan fingerprint density at radius 1 is 0.881 bits per heavy atom. The van der Waals surface area contributed by atoms with E-state index in [-0.39, 0.29) is 16.8 Å². The molecule has 4 N–H and O–H groups in total. The van der Waals surface area contributed by atoms with E-state index in [4.69, 9.17) is 0 Å². The lowest BCUT2D eigenvalue weighted by Crippen LogP contribution is -2.52. The Labute approximate surface area is 236 Å². The maximum Gasteiger partial charge on any atom is 0.433 e. The van der Waals surface area contributed by atoms with Gasteiger partial charge in [-0.05, 0) is 25.1 Å². The number of hydrogen-bond donors (Lipinski definition) is 4. The minimum Gasteiger partial charge on any atom is -0.322 e. The number of benzodiazepines with no additional fused rings is 1. The smallest absolute Gasteiger partial charge is 0.322 e. The van der Waals surface area contributed by atoms with Crippen LogP contribution in [-0.2, 0) is 11.0 Å².